The molecule has 0 radical (unpaired) electrons. The summed E-state index contributed by atoms with van der Waals surface area (Å²) in [4.78, 5) is 35.3. The lowest BCUT2D eigenvalue weighted by molar-refractivity contribution is -0.121. The molecule has 1 N–H and O–H groups in total. The highest BCUT2D eigenvalue weighted by Crippen LogP contribution is 2.29. The van der Waals surface area contributed by atoms with E-state index < -0.39 is 0 Å². The average molecular weight is 391 g/mol. The smallest absolute Gasteiger partial charge is 0.320 e. The number of rotatable bonds is 2. The van der Waals surface area contributed by atoms with Crippen molar-refractivity contribution in [1.82, 2.24) is 14.8 Å². The summed E-state index contributed by atoms with van der Waals surface area (Å²) in [5, 5.41) is 3.80. The summed E-state index contributed by atoms with van der Waals surface area (Å²) in [6.07, 6.45) is 11.0. The van der Waals surface area contributed by atoms with Crippen molar-refractivity contribution in [2.24, 2.45) is 5.92 Å². The molecule has 0 aromatic carbocycles. The second-order valence-electron chi connectivity index (χ2n) is 8.05. The highest BCUT2D eigenvalue weighted by Gasteiger charge is 2.32. The van der Waals surface area contributed by atoms with Crippen LogP contribution in [0.2, 0.25) is 0 Å². The molecule has 0 bridgehead atoms. The van der Waals surface area contributed by atoms with Crippen LogP contribution in [0.1, 0.15) is 61.9 Å². The van der Waals surface area contributed by atoms with Gasteiger partial charge in [0.15, 0.2) is 5.13 Å². The zero-order valence-corrected chi connectivity index (χ0v) is 16.9. The summed E-state index contributed by atoms with van der Waals surface area (Å²) >= 11 is 1.65. The third kappa shape index (κ3) is 4.45. The predicted octanol–water partition coefficient (Wildman–Crippen LogP) is 3.67. The number of anilines is 1. The fourth-order valence-electron chi connectivity index (χ4n) is 4.44. The van der Waals surface area contributed by atoms with Crippen molar-refractivity contribution in [2.75, 3.05) is 31.5 Å². The summed E-state index contributed by atoms with van der Waals surface area (Å²) in [5.41, 5.74) is 1.18. The highest BCUT2D eigenvalue weighted by molar-refractivity contribution is 7.15. The summed E-state index contributed by atoms with van der Waals surface area (Å²) in [7, 11) is 0. The zero-order chi connectivity index (χ0) is 18.6. The molecule has 1 atom stereocenters. The van der Waals surface area contributed by atoms with Gasteiger partial charge in [-0.2, -0.15) is 0 Å². The number of piperidine rings is 1. The molecule has 2 saturated heterocycles. The van der Waals surface area contributed by atoms with E-state index in [1.54, 1.807) is 11.3 Å². The number of nitrogens with one attached hydrogen (secondary N) is 1. The summed E-state index contributed by atoms with van der Waals surface area (Å²) in [6.45, 7) is 3.02. The highest BCUT2D eigenvalue weighted by atomic mass is 32.1. The van der Waals surface area contributed by atoms with Crippen molar-refractivity contribution in [3.8, 4) is 0 Å². The Balaban J connectivity index is 1.36. The van der Waals surface area contributed by atoms with Gasteiger partial charge in [0.25, 0.3) is 0 Å². The lowest BCUT2D eigenvalue weighted by atomic mass is 9.97. The Hall–Kier alpha value is -1.63. The minimum atomic E-state index is -0.128. The van der Waals surface area contributed by atoms with E-state index in [1.165, 1.54) is 36.3 Å². The fourth-order valence-corrected chi connectivity index (χ4v) is 5.49. The van der Waals surface area contributed by atoms with Gasteiger partial charge in [0.05, 0.1) is 11.6 Å². The summed E-state index contributed by atoms with van der Waals surface area (Å²) < 4.78 is 0. The Labute approximate surface area is 165 Å². The molecule has 6 nitrogen and oxygen atoms in total. The van der Waals surface area contributed by atoms with Gasteiger partial charge in [-0.3, -0.25) is 4.79 Å². The molecule has 3 amide bonds. The van der Waals surface area contributed by atoms with Crippen LogP contribution in [0.4, 0.5) is 9.93 Å². The molecule has 1 aliphatic carbocycles. The number of aromatic nitrogens is 1. The number of nitrogens with zero attached hydrogens (tertiary/aromatic N) is 3. The van der Waals surface area contributed by atoms with E-state index in [0.29, 0.717) is 6.54 Å². The maximum absolute atomic E-state index is 12.8. The Kier molecular flexibility index (Phi) is 5.95. The van der Waals surface area contributed by atoms with Gasteiger partial charge in [-0.1, -0.05) is 12.8 Å². The number of urea groups is 1. The standard InChI is InChI=1S/C20H30N4O2S/c25-18(22-19-21-16-9-3-1-2-4-10-17(16)27-19)15-8-7-13-24(14-15)20(26)23-11-5-6-12-23/h15H,1-14H2,(H,21,22,25). The second kappa shape index (κ2) is 8.59. The van der Waals surface area contributed by atoms with Crippen molar-refractivity contribution >= 4 is 28.4 Å². The van der Waals surface area contributed by atoms with E-state index in [9.17, 15) is 9.59 Å². The van der Waals surface area contributed by atoms with Crippen LogP contribution >= 0.6 is 11.3 Å². The van der Waals surface area contributed by atoms with Crippen molar-refractivity contribution < 1.29 is 9.59 Å². The first-order valence-corrected chi connectivity index (χ1v) is 11.4. The molecule has 148 valence electrons. The molecule has 2 aliphatic heterocycles. The monoisotopic (exact) mass is 390 g/mol. The first kappa shape index (κ1) is 18.7. The van der Waals surface area contributed by atoms with E-state index in [0.717, 1.165) is 63.3 Å². The van der Waals surface area contributed by atoms with Crippen LogP contribution in [-0.2, 0) is 17.6 Å². The van der Waals surface area contributed by atoms with E-state index in [-0.39, 0.29) is 17.9 Å². The average Bonchev–Trinajstić information content (AvgIpc) is 3.32. The normalized spacial score (nSPS) is 23.5. The van der Waals surface area contributed by atoms with E-state index in [1.807, 2.05) is 9.80 Å². The van der Waals surface area contributed by atoms with Gasteiger partial charge in [-0.15, -0.1) is 11.3 Å². The van der Waals surface area contributed by atoms with Crippen molar-refractivity contribution in [1.29, 1.82) is 0 Å². The largest absolute Gasteiger partial charge is 0.325 e. The van der Waals surface area contributed by atoms with Gasteiger partial charge in [0.2, 0.25) is 5.91 Å². The van der Waals surface area contributed by atoms with Gasteiger partial charge < -0.3 is 15.1 Å². The third-order valence-electron chi connectivity index (χ3n) is 6.02. The molecule has 3 aliphatic rings. The van der Waals surface area contributed by atoms with E-state index >= 15 is 0 Å². The SMILES string of the molecule is O=C(Nc1nc2c(s1)CCCCCC2)C1CCCN(C(=O)N2CCCC2)C1. The fraction of sp³-hybridized carbons (Fsp3) is 0.750. The third-order valence-corrected chi connectivity index (χ3v) is 7.09. The van der Waals surface area contributed by atoms with Crippen LogP contribution in [0.3, 0.4) is 0 Å². The first-order valence-electron chi connectivity index (χ1n) is 10.5. The van der Waals surface area contributed by atoms with Crippen LogP contribution in [0.15, 0.2) is 0 Å². The van der Waals surface area contributed by atoms with E-state index in [4.69, 9.17) is 4.98 Å². The number of likely N-dealkylation sites (tertiary alicyclic amines) is 2. The van der Waals surface area contributed by atoms with Crippen molar-refractivity contribution in [3.63, 3.8) is 0 Å². The number of hydrogen-bond acceptors (Lipinski definition) is 4. The topological polar surface area (TPSA) is 65.5 Å². The molecule has 1 aromatic rings. The van der Waals surface area contributed by atoms with Crippen LogP contribution in [0.25, 0.3) is 0 Å². The Morgan fingerprint density at radius 1 is 0.926 bits per heavy atom. The first-order chi connectivity index (χ1) is 13.2. The second-order valence-corrected chi connectivity index (χ2v) is 9.14. The number of amides is 3. The Morgan fingerprint density at radius 3 is 2.48 bits per heavy atom. The van der Waals surface area contributed by atoms with Crippen LogP contribution in [0.5, 0.6) is 0 Å². The minimum absolute atomic E-state index is 0.0237. The molecule has 3 heterocycles. The number of hydrogen-bond donors (Lipinski definition) is 1. The van der Waals surface area contributed by atoms with Gasteiger partial charge in [0, 0.05) is 31.1 Å². The predicted molar refractivity (Wildman–Crippen MR) is 107 cm³/mol. The molecule has 1 aromatic heterocycles. The quantitative estimate of drug-likeness (QED) is 0.838. The maximum Gasteiger partial charge on any atom is 0.320 e. The van der Waals surface area contributed by atoms with Crippen LogP contribution < -0.4 is 5.32 Å². The number of carbonyl (C=O) groups is 2. The van der Waals surface area contributed by atoms with Gasteiger partial charge in [-0.25, -0.2) is 9.78 Å². The zero-order valence-electron chi connectivity index (χ0n) is 16.0. The van der Waals surface area contributed by atoms with E-state index in [2.05, 4.69) is 5.32 Å². The lowest BCUT2D eigenvalue weighted by Gasteiger charge is -2.34. The molecule has 0 spiro atoms. The number of fused-ring (bicyclic) bond motifs is 1. The van der Waals surface area contributed by atoms with Gasteiger partial charge >= 0.3 is 6.03 Å². The molecule has 0 saturated carbocycles. The van der Waals surface area contributed by atoms with Gasteiger partial charge in [0.1, 0.15) is 0 Å². The number of aryl methyl sites for hydroxylation is 2. The Morgan fingerprint density at radius 2 is 1.67 bits per heavy atom. The maximum atomic E-state index is 12.8. The number of thiazole rings is 1. The molecular weight excluding hydrogens is 360 g/mol. The van der Waals surface area contributed by atoms with Crippen LogP contribution in [0, 0.1) is 5.92 Å². The molecule has 4 rings (SSSR count). The Bertz CT molecular complexity index is 658. The number of carbonyl (C=O) groups excluding carboxylic acids is 2. The molecule has 7 heteroatoms. The molecule has 27 heavy (non-hydrogen) atoms. The van der Waals surface area contributed by atoms with Gasteiger partial charge in [-0.05, 0) is 51.4 Å². The molecule has 1 unspecified atom stereocenters. The lowest BCUT2D eigenvalue weighted by Crippen LogP contribution is -2.48. The molecular formula is C20H30N4O2S. The van der Waals surface area contributed by atoms with Crippen molar-refractivity contribution in [2.45, 2.75) is 64.2 Å². The minimum Gasteiger partial charge on any atom is -0.325 e. The summed E-state index contributed by atoms with van der Waals surface area (Å²) in [6, 6.07) is 0.113. The molecule has 2 fully saturated rings. The summed E-state index contributed by atoms with van der Waals surface area (Å²) in [5.74, 6) is -0.104. The van der Waals surface area contributed by atoms with Crippen LogP contribution in [-0.4, -0.2) is 52.9 Å². The van der Waals surface area contributed by atoms with Crippen molar-refractivity contribution in [3.05, 3.63) is 10.6 Å².